The number of hydrogen-bond donors (Lipinski definition) is 1. The number of benzene rings is 1. The van der Waals surface area contributed by atoms with Crippen LogP contribution in [0.3, 0.4) is 0 Å². The zero-order chi connectivity index (χ0) is 15.4. The molecule has 21 heavy (non-hydrogen) atoms. The van der Waals surface area contributed by atoms with E-state index < -0.39 is 5.97 Å². The van der Waals surface area contributed by atoms with Crippen LogP contribution >= 0.6 is 0 Å². The van der Waals surface area contributed by atoms with Gasteiger partial charge in [-0.25, -0.2) is 9.78 Å². The van der Waals surface area contributed by atoms with Crippen molar-refractivity contribution in [1.82, 2.24) is 9.88 Å². The van der Waals surface area contributed by atoms with E-state index in [0.29, 0.717) is 5.52 Å². The smallest absolute Gasteiger partial charge is 0.354 e. The first-order valence-electron chi connectivity index (χ1n) is 6.98. The van der Waals surface area contributed by atoms with Crippen LogP contribution < -0.4 is 4.90 Å². The van der Waals surface area contributed by atoms with Crippen LogP contribution in [0.4, 0.5) is 5.69 Å². The van der Waals surface area contributed by atoms with Gasteiger partial charge in [0.15, 0.2) is 5.69 Å². The summed E-state index contributed by atoms with van der Waals surface area (Å²) in [6.45, 7) is 1.87. The minimum atomic E-state index is -0.997. The van der Waals surface area contributed by atoms with Gasteiger partial charge in [0.2, 0.25) is 0 Å². The van der Waals surface area contributed by atoms with E-state index in [1.165, 1.54) is 0 Å². The monoisotopic (exact) mass is 287 g/mol. The molecular formula is C16H21N3O2. The molecule has 0 atom stereocenters. The van der Waals surface area contributed by atoms with E-state index in [1.54, 1.807) is 6.07 Å². The van der Waals surface area contributed by atoms with Crippen molar-refractivity contribution in [2.45, 2.75) is 6.42 Å². The fourth-order valence-corrected chi connectivity index (χ4v) is 2.33. The maximum atomic E-state index is 11.2. The molecule has 1 heterocycles. The number of carboxylic acid groups (broad SMARTS) is 1. The topological polar surface area (TPSA) is 56.7 Å². The molecule has 0 amide bonds. The van der Waals surface area contributed by atoms with Crippen molar-refractivity contribution in [2.24, 2.45) is 0 Å². The van der Waals surface area contributed by atoms with Crippen molar-refractivity contribution in [3.05, 3.63) is 36.0 Å². The maximum Gasteiger partial charge on any atom is 0.354 e. The molecule has 0 aliphatic heterocycles. The van der Waals surface area contributed by atoms with Crippen LogP contribution in [0.1, 0.15) is 16.9 Å². The standard InChI is InChI=1S/C16H21N3O2/c1-18(2)9-6-10-19(3)15-11-14(16(20)21)17-13-8-5-4-7-12(13)15/h4-5,7-8,11H,6,9-10H2,1-3H3,(H,20,21). The van der Waals surface area contributed by atoms with E-state index >= 15 is 0 Å². The summed E-state index contributed by atoms with van der Waals surface area (Å²) in [6, 6.07) is 9.30. The van der Waals surface area contributed by atoms with Crippen LogP contribution in [0.5, 0.6) is 0 Å². The van der Waals surface area contributed by atoms with Gasteiger partial charge >= 0.3 is 5.97 Å². The number of pyridine rings is 1. The Bertz CT molecular complexity index is 640. The third-order valence-electron chi connectivity index (χ3n) is 3.42. The summed E-state index contributed by atoms with van der Waals surface area (Å²) in [5.41, 5.74) is 1.71. The minimum absolute atomic E-state index is 0.0863. The number of hydrogen-bond acceptors (Lipinski definition) is 4. The van der Waals surface area contributed by atoms with E-state index in [-0.39, 0.29) is 5.69 Å². The molecule has 0 aliphatic rings. The summed E-state index contributed by atoms with van der Waals surface area (Å²) in [5.74, 6) is -0.997. The molecule has 1 N–H and O–H groups in total. The van der Waals surface area contributed by atoms with E-state index in [0.717, 1.165) is 30.6 Å². The number of aromatic nitrogens is 1. The first-order chi connectivity index (χ1) is 9.99. The van der Waals surface area contributed by atoms with Gasteiger partial charge in [0.1, 0.15) is 0 Å². The molecule has 0 saturated carbocycles. The minimum Gasteiger partial charge on any atom is -0.477 e. The van der Waals surface area contributed by atoms with Crippen LogP contribution in [0.2, 0.25) is 0 Å². The van der Waals surface area contributed by atoms with Gasteiger partial charge < -0.3 is 14.9 Å². The Morgan fingerprint density at radius 3 is 2.57 bits per heavy atom. The highest BCUT2D eigenvalue weighted by Crippen LogP contribution is 2.26. The lowest BCUT2D eigenvalue weighted by Crippen LogP contribution is -2.24. The average Bonchev–Trinajstić information content (AvgIpc) is 2.45. The molecule has 0 aliphatic carbocycles. The summed E-state index contributed by atoms with van der Waals surface area (Å²) in [7, 11) is 6.08. The lowest BCUT2D eigenvalue weighted by molar-refractivity contribution is 0.0691. The Morgan fingerprint density at radius 1 is 1.19 bits per heavy atom. The van der Waals surface area contributed by atoms with Gasteiger partial charge in [-0.05, 0) is 39.2 Å². The van der Waals surface area contributed by atoms with Crippen LogP contribution in [-0.2, 0) is 0 Å². The van der Waals surface area contributed by atoms with Crippen molar-refractivity contribution in [3.63, 3.8) is 0 Å². The molecule has 2 aromatic rings. The van der Waals surface area contributed by atoms with E-state index in [9.17, 15) is 9.90 Å². The largest absolute Gasteiger partial charge is 0.477 e. The van der Waals surface area contributed by atoms with Crippen molar-refractivity contribution >= 4 is 22.6 Å². The van der Waals surface area contributed by atoms with Crippen LogP contribution in [0.25, 0.3) is 10.9 Å². The third kappa shape index (κ3) is 3.70. The first kappa shape index (κ1) is 15.3. The number of nitrogens with zero attached hydrogens (tertiary/aromatic N) is 3. The Morgan fingerprint density at radius 2 is 1.90 bits per heavy atom. The zero-order valence-electron chi connectivity index (χ0n) is 12.7. The van der Waals surface area contributed by atoms with Crippen molar-refractivity contribution < 1.29 is 9.90 Å². The quantitative estimate of drug-likeness (QED) is 0.883. The number of anilines is 1. The van der Waals surface area contributed by atoms with Gasteiger partial charge in [-0.3, -0.25) is 0 Å². The fraction of sp³-hybridized carbons (Fsp3) is 0.375. The maximum absolute atomic E-state index is 11.2. The van der Waals surface area contributed by atoms with Gasteiger partial charge in [-0.1, -0.05) is 18.2 Å². The van der Waals surface area contributed by atoms with Gasteiger partial charge in [0.05, 0.1) is 5.52 Å². The fourth-order valence-electron chi connectivity index (χ4n) is 2.33. The second-order valence-corrected chi connectivity index (χ2v) is 5.43. The molecule has 0 saturated heterocycles. The van der Waals surface area contributed by atoms with Gasteiger partial charge in [-0.15, -0.1) is 0 Å². The van der Waals surface area contributed by atoms with Crippen LogP contribution in [0.15, 0.2) is 30.3 Å². The number of aromatic carboxylic acids is 1. The molecule has 0 fully saturated rings. The molecule has 5 heteroatoms. The molecule has 0 bridgehead atoms. The Balaban J connectivity index is 2.34. The van der Waals surface area contributed by atoms with E-state index in [1.807, 2.05) is 45.4 Å². The lowest BCUT2D eigenvalue weighted by atomic mass is 10.1. The molecule has 0 spiro atoms. The molecule has 0 radical (unpaired) electrons. The summed E-state index contributed by atoms with van der Waals surface area (Å²) in [5, 5.41) is 10.2. The second-order valence-electron chi connectivity index (χ2n) is 5.43. The van der Waals surface area contributed by atoms with Crippen LogP contribution in [0, 0.1) is 0 Å². The zero-order valence-corrected chi connectivity index (χ0v) is 12.7. The molecule has 1 aromatic heterocycles. The highest BCUT2D eigenvalue weighted by molar-refractivity contribution is 5.97. The second kappa shape index (κ2) is 6.54. The summed E-state index contributed by atoms with van der Waals surface area (Å²) in [4.78, 5) is 19.7. The Labute approximate surface area is 124 Å². The normalized spacial score (nSPS) is 11.0. The van der Waals surface area contributed by atoms with Gasteiger partial charge in [0, 0.05) is 24.7 Å². The van der Waals surface area contributed by atoms with Crippen molar-refractivity contribution in [2.75, 3.05) is 39.1 Å². The molecular weight excluding hydrogens is 266 g/mol. The van der Waals surface area contributed by atoms with Crippen molar-refractivity contribution in [1.29, 1.82) is 0 Å². The number of para-hydroxylation sites is 1. The van der Waals surface area contributed by atoms with Gasteiger partial charge in [0.25, 0.3) is 0 Å². The molecule has 2 rings (SSSR count). The molecule has 112 valence electrons. The van der Waals surface area contributed by atoms with E-state index in [2.05, 4.69) is 14.8 Å². The number of carboxylic acids is 1. The van der Waals surface area contributed by atoms with Crippen LogP contribution in [-0.4, -0.2) is 55.2 Å². The van der Waals surface area contributed by atoms with E-state index in [4.69, 9.17) is 0 Å². The van der Waals surface area contributed by atoms with Gasteiger partial charge in [-0.2, -0.15) is 0 Å². The molecule has 1 aromatic carbocycles. The molecule has 0 unspecified atom stereocenters. The Kier molecular flexibility index (Phi) is 4.75. The highest BCUT2D eigenvalue weighted by Gasteiger charge is 2.13. The highest BCUT2D eigenvalue weighted by atomic mass is 16.4. The predicted molar refractivity (Wildman–Crippen MR) is 85.1 cm³/mol. The number of carbonyl (C=O) groups is 1. The third-order valence-corrected chi connectivity index (χ3v) is 3.42. The SMILES string of the molecule is CN(C)CCCN(C)c1cc(C(=O)O)nc2ccccc12. The lowest BCUT2D eigenvalue weighted by Gasteiger charge is -2.22. The molecule has 5 nitrogen and oxygen atoms in total. The average molecular weight is 287 g/mol. The Hall–Kier alpha value is -2.14. The summed E-state index contributed by atoms with van der Waals surface area (Å²) in [6.07, 6.45) is 1.02. The summed E-state index contributed by atoms with van der Waals surface area (Å²) >= 11 is 0. The first-order valence-corrected chi connectivity index (χ1v) is 6.98. The van der Waals surface area contributed by atoms with Crippen molar-refractivity contribution in [3.8, 4) is 0 Å². The number of fused-ring (bicyclic) bond motifs is 1. The number of rotatable bonds is 6. The summed E-state index contributed by atoms with van der Waals surface area (Å²) < 4.78 is 0. The predicted octanol–water partition coefficient (Wildman–Crippen LogP) is 2.32.